The van der Waals surface area contributed by atoms with E-state index in [0.29, 0.717) is 19.2 Å². The Bertz CT molecular complexity index is 166. The van der Waals surface area contributed by atoms with E-state index in [1.54, 1.807) is 0 Å². The number of ether oxygens (including phenoxy) is 1. The lowest BCUT2D eigenvalue weighted by atomic mass is 9.91. The third-order valence-corrected chi connectivity index (χ3v) is 3.26. The van der Waals surface area contributed by atoms with E-state index in [-0.39, 0.29) is 0 Å². The smallest absolute Gasteiger partial charge is 0.0594 e. The molecule has 4 nitrogen and oxygen atoms in total. The lowest BCUT2D eigenvalue weighted by Gasteiger charge is -2.39. The van der Waals surface area contributed by atoms with Gasteiger partial charge in [-0.05, 0) is 25.3 Å². The monoisotopic (exact) mass is 215 g/mol. The molecule has 2 unspecified atom stereocenters. The largest absolute Gasteiger partial charge is 0.379 e. The average molecular weight is 215 g/mol. The fraction of sp³-hybridized carbons (Fsp3) is 1.00. The predicted octanol–water partition coefficient (Wildman–Crippen LogP) is 0.0209. The van der Waals surface area contributed by atoms with Crippen molar-refractivity contribution in [3.8, 4) is 0 Å². The van der Waals surface area contributed by atoms with Crippen molar-refractivity contribution >= 4 is 0 Å². The minimum absolute atomic E-state index is 0.542. The van der Waals surface area contributed by atoms with Crippen LogP contribution in [0.3, 0.4) is 0 Å². The van der Waals surface area contributed by atoms with Crippen LogP contribution in [0.2, 0.25) is 0 Å². The normalized spacial score (nSPS) is 28.2. The highest BCUT2D eigenvalue weighted by Gasteiger charge is 2.26. The Balaban J connectivity index is 2.25. The molecule has 90 valence electrons. The van der Waals surface area contributed by atoms with Crippen molar-refractivity contribution in [3.63, 3.8) is 0 Å². The molecule has 1 aliphatic rings. The lowest BCUT2D eigenvalue weighted by molar-refractivity contribution is 0.0570. The molecule has 0 radical (unpaired) electrons. The fourth-order valence-corrected chi connectivity index (χ4v) is 2.36. The third-order valence-electron chi connectivity index (χ3n) is 3.26. The topological polar surface area (TPSA) is 64.5 Å². The van der Waals surface area contributed by atoms with Gasteiger partial charge < -0.3 is 16.2 Å². The summed E-state index contributed by atoms with van der Waals surface area (Å²) in [6.07, 6.45) is 2.59. The van der Waals surface area contributed by atoms with Crippen LogP contribution in [0.5, 0.6) is 0 Å². The van der Waals surface area contributed by atoms with Crippen molar-refractivity contribution < 1.29 is 4.74 Å². The van der Waals surface area contributed by atoms with Crippen LogP contribution in [0.4, 0.5) is 0 Å². The second-order valence-electron chi connectivity index (χ2n) is 4.36. The van der Waals surface area contributed by atoms with Gasteiger partial charge in [0.15, 0.2) is 0 Å². The van der Waals surface area contributed by atoms with Crippen molar-refractivity contribution in [1.29, 1.82) is 0 Å². The second-order valence-corrected chi connectivity index (χ2v) is 4.36. The number of hydrogen-bond acceptors (Lipinski definition) is 4. The van der Waals surface area contributed by atoms with Crippen LogP contribution in [0.25, 0.3) is 0 Å². The van der Waals surface area contributed by atoms with E-state index < -0.39 is 0 Å². The fourth-order valence-electron chi connectivity index (χ4n) is 2.36. The minimum Gasteiger partial charge on any atom is -0.379 e. The summed E-state index contributed by atoms with van der Waals surface area (Å²) >= 11 is 0. The second kappa shape index (κ2) is 7.17. The SMILES string of the molecule is CC1CCCN(CCOCCN)C1CN. The van der Waals surface area contributed by atoms with Gasteiger partial charge in [0, 0.05) is 25.7 Å². The zero-order valence-corrected chi connectivity index (χ0v) is 9.82. The summed E-state index contributed by atoms with van der Waals surface area (Å²) < 4.78 is 5.41. The molecule has 0 spiro atoms. The summed E-state index contributed by atoms with van der Waals surface area (Å²) in [6, 6.07) is 0.542. The number of nitrogens with zero attached hydrogens (tertiary/aromatic N) is 1. The van der Waals surface area contributed by atoms with Gasteiger partial charge in [0.05, 0.1) is 13.2 Å². The van der Waals surface area contributed by atoms with E-state index in [1.807, 2.05) is 0 Å². The molecule has 1 saturated heterocycles. The molecule has 0 saturated carbocycles. The standard InChI is InChI=1S/C11H25N3O/c1-10-3-2-5-14(11(10)9-13)6-8-15-7-4-12/h10-11H,2-9,12-13H2,1H3. The first-order chi connectivity index (χ1) is 7.29. The zero-order valence-electron chi connectivity index (χ0n) is 9.82. The molecular formula is C11H25N3O. The Morgan fingerprint density at radius 3 is 2.80 bits per heavy atom. The van der Waals surface area contributed by atoms with E-state index in [0.717, 1.165) is 32.2 Å². The van der Waals surface area contributed by atoms with E-state index in [2.05, 4.69) is 11.8 Å². The molecule has 0 aromatic carbocycles. The Kier molecular flexibility index (Phi) is 6.17. The molecule has 1 fully saturated rings. The molecule has 15 heavy (non-hydrogen) atoms. The van der Waals surface area contributed by atoms with Crippen LogP contribution in [0, 0.1) is 5.92 Å². The molecule has 2 atom stereocenters. The number of rotatable bonds is 6. The maximum atomic E-state index is 5.81. The van der Waals surface area contributed by atoms with Gasteiger partial charge in [0.25, 0.3) is 0 Å². The summed E-state index contributed by atoms with van der Waals surface area (Å²) in [7, 11) is 0. The van der Waals surface area contributed by atoms with Crippen molar-refractivity contribution in [2.75, 3.05) is 39.4 Å². The third kappa shape index (κ3) is 4.07. The summed E-state index contributed by atoms with van der Waals surface area (Å²) in [4.78, 5) is 2.46. The van der Waals surface area contributed by atoms with Crippen LogP contribution in [0.15, 0.2) is 0 Å². The Morgan fingerprint density at radius 2 is 2.13 bits per heavy atom. The Hall–Kier alpha value is -0.160. The molecule has 1 heterocycles. The molecule has 4 N–H and O–H groups in total. The highest BCUT2D eigenvalue weighted by molar-refractivity contribution is 4.82. The Morgan fingerprint density at radius 1 is 1.33 bits per heavy atom. The first-order valence-corrected chi connectivity index (χ1v) is 6.01. The average Bonchev–Trinajstić information content (AvgIpc) is 2.24. The maximum absolute atomic E-state index is 5.81. The van der Waals surface area contributed by atoms with Gasteiger partial charge in [-0.3, -0.25) is 4.90 Å². The quantitative estimate of drug-likeness (QED) is 0.613. The van der Waals surface area contributed by atoms with Gasteiger partial charge in [0.1, 0.15) is 0 Å². The highest BCUT2D eigenvalue weighted by atomic mass is 16.5. The minimum atomic E-state index is 0.542. The van der Waals surface area contributed by atoms with E-state index in [4.69, 9.17) is 16.2 Å². The van der Waals surface area contributed by atoms with E-state index in [1.165, 1.54) is 12.8 Å². The molecular weight excluding hydrogens is 190 g/mol. The van der Waals surface area contributed by atoms with E-state index in [9.17, 15) is 0 Å². The summed E-state index contributed by atoms with van der Waals surface area (Å²) in [5.74, 6) is 0.721. The molecule has 0 aliphatic carbocycles. The van der Waals surface area contributed by atoms with Crippen molar-refractivity contribution in [2.24, 2.45) is 17.4 Å². The number of nitrogens with two attached hydrogens (primary N) is 2. The number of piperidine rings is 1. The highest BCUT2D eigenvalue weighted by Crippen LogP contribution is 2.21. The number of hydrogen-bond donors (Lipinski definition) is 2. The molecule has 4 heteroatoms. The zero-order chi connectivity index (χ0) is 11.1. The first-order valence-electron chi connectivity index (χ1n) is 6.01. The lowest BCUT2D eigenvalue weighted by Crippen LogP contribution is -2.49. The molecule has 0 bridgehead atoms. The van der Waals surface area contributed by atoms with Gasteiger partial charge in [-0.25, -0.2) is 0 Å². The van der Waals surface area contributed by atoms with Crippen LogP contribution in [-0.4, -0.2) is 50.3 Å². The van der Waals surface area contributed by atoms with Gasteiger partial charge in [-0.15, -0.1) is 0 Å². The summed E-state index contributed by atoms with van der Waals surface area (Å²) in [5, 5.41) is 0. The van der Waals surface area contributed by atoms with Crippen LogP contribution in [0.1, 0.15) is 19.8 Å². The maximum Gasteiger partial charge on any atom is 0.0594 e. The summed E-state index contributed by atoms with van der Waals surface area (Å²) in [5.41, 5.74) is 11.2. The van der Waals surface area contributed by atoms with Gasteiger partial charge >= 0.3 is 0 Å². The Labute approximate surface area is 92.9 Å². The van der Waals surface area contributed by atoms with Crippen LogP contribution >= 0.6 is 0 Å². The van der Waals surface area contributed by atoms with Crippen molar-refractivity contribution in [1.82, 2.24) is 4.90 Å². The first kappa shape index (κ1) is 12.9. The number of likely N-dealkylation sites (tertiary alicyclic amines) is 1. The van der Waals surface area contributed by atoms with Gasteiger partial charge in [-0.1, -0.05) is 6.92 Å². The molecule has 1 aliphatic heterocycles. The molecule has 0 amide bonds. The van der Waals surface area contributed by atoms with Crippen molar-refractivity contribution in [2.45, 2.75) is 25.8 Å². The van der Waals surface area contributed by atoms with Gasteiger partial charge in [-0.2, -0.15) is 0 Å². The molecule has 1 rings (SSSR count). The van der Waals surface area contributed by atoms with Crippen LogP contribution < -0.4 is 11.5 Å². The van der Waals surface area contributed by atoms with Crippen LogP contribution in [-0.2, 0) is 4.74 Å². The predicted molar refractivity (Wildman–Crippen MR) is 62.7 cm³/mol. The molecule has 0 aromatic rings. The van der Waals surface area contributed by atoms with E-state index >= 15 is 0 Å². The molecule has 0 aromatic heterocycles. The van der Waals surface area contributed by atoms with Gasteiger partial charge in [0.2, 0.25) is 0 Å². The summed E-state index contributed by atoms with van der Waals surface area (Å²) in [6.45, 7) is 7.26. The van der Waals surface area contributed by atoms with Crippen molar-refractivity contribution in [3.05, 3.63) is 0 Å².